The fraction of sp³-hybridized carbons (Fsp3) is 0.0909. The Morgan fingerprint density at radius 1 is 1.00 bits per heavy atom. The number of fused-ring (bicyclic) bond motifs is 1. The second-order valence-corrected chi connectivity index (χ2v) is 6.37. The molecule has 28 heavy (non-hydrogen) atoms. The molecule has 0 saturated heterocycles. The number of pyridine rings is 3. The number of nitrogens with zero attached hydrogens (tertiary/aromatic N) is 3. The van der Waals surface area contributed by atoms with Crippen LogP contribution >= 0.6 is 0 Å². The van der Waals surface area contributed by atoms with E-state index < -0.39 is 0 Å². The number of ether oxygens (including phenoxy) is 1. The third-order valence-corrected chi connectivity index (χ3v) is 4.25. The van der Waals surface area contributed by atoms with Crippen molar-refractivity contribution in [1.29, 1.82) is 0 Å². The molecule has 4 rings (SSSR count). The summed E-state index contributed by atoms with van der Waals surface area (Å²) in [4.78, 5) is 24.9. The average Bonchev–Trinajstić information content (AvgIpc) is 2.73. The second kappa shape index (κ2) is 7.84. The van der Waals surface area contributed by atoms with Crippen molar-refractivity contribution in [2.45, 2.75) is 13.5 Å². The fourth-order valence-corrected chi connectivity index (χ4v) is 2.77. The molecule has 0 atom stereocenters. The highest BCUT2D eigenvalue weighted by atomic mass is 16.5. The minimum Gasteiger partial charge on any atom is -0.472 e. The average molecular weight is 370 g/mol. The molecule has 1 aromatic carbocycles. The minimum atomic E-state index is -0.248. The van der Waals surface area contributed by atoms with Crippen LogP contribution < -0.4 is 10.1 Å². The number of hydrogen-bond acceptors (Lipinski definition) is 5. The molecule has 0 aliphatic heterocycles. The number of hydrogen-bond donors (Lipinski definition) is 1. The summed E-state index contributed by atoms with van der Waals surface area (Å²) >= 11 is 0. The Balaban J connectivity index is 1.53. The van der Waals surface area contributed by atoms with Gasteiger partial charge in [0.15, 0.2) is 0 Å². The predicted molar refractivity (Wildman–Crippen MR) is 107 cm³/mol. The molecule has 138 valence electrons. The lowest BCUT2D eigenvalue weighted by Gasteiger charge is -2.10. The zero-order valence-corrected chi connectivity index (χ0v) is 15.3. The number of amides is 1. The van der Waals surface area contributed by atoms with Gasteiger partial charge in [-0.15, -0.1) is 0 Å². The summed E-state index contributed by atoms with van der Waals surface area (Å²) in [7, 11) is 0. The number of nitrogens with one attached hydrogen (secondary N) is 1. The van der Waals surface area contributed by atoms with Crippen LogP contribution in [0.25, 0.3) is 10.8 Å². The van der Waals surface area contributed by atoms with Crippen LogP contribution in [0.2, 0.25) is 0 Å². The van der Waals surface area contributed by atoms with E-state index in [1.54, 1.807) is 30.9 Å². The Morgan fingerprint density at radius 2 is 1.86 bits per heavy atom. The Hall–Kier alpha value is -3.80. The standard InChI is InChI=1S/C22H18N4O2/c1-15-2-5-20(25-13-15)21(27)26-18-3-4-19-17(12-18)8-11-24-22(19)28-14-16-6-9-23-10-7-16/h2-13H,14H2,1H3,(H,26,27). The van der Waals surface area contributed by atoms with Gasteiger partial charge in [0.2, 0.25) is 5.88 Å². The van der Waals surface area contributed by atoms with Gasteiger partial charge in [-0.05, 0) is 65.9 Å². The van der Waals surface area contributed by atoms with E-state index >= 15 is 0 Å². The molecule has 3 heterocycles. The lowest BCUT2D eigenvalue weighted by molar-refractivity contribution is 0.102. The zero-order chi connectivity index (χ0) is 19.3. The van der Waals surface area contributed by atoms with Crippen LogP contribution in [0.5, 0.6) is 5.88 Å². The maximum atomic E-state index is 12.4. The molecule has 0 fully saturated rings. The topological polar surface area (TPSA) is 77.0 Å². The number of carbonyl (C=O) groups is 1. The highest BCUT2D eigenvalue weighted by Gasteiger charge is 2.09. The summed E-state index contributed by atoms with van der Waals surface area (Å²) in [5.41, 5.74) is 3.09. The van der Waals surface area contributed by atoms with Crippen LogP contribution in [-0.2, 0) is 6.61 Å². The first-order chi connectivity index (χ1) is 13.7. The van der Waals surface area contributed by atoms with Crippen molar-refractivity contribution in [3.05, 3.63) is 90.1 Å². The quantitative estimate of drug-likeness (QED) is 0.571. The van der Waals surface area contributed by atoms with Gasteiger partial charge < -0.3 is 10.1 Å². The first kappa shape index (κ1) is 17.6. The van der Waals surface area contributed by atoms with Gasteiger partial charge in [0.1, 0.15) is 12.3 Å². The van der Waals surface area contributed by atoms with E-state index in [1.807, 2.05) is 49.4 Å². The highest BCUT2D eigenvalue weighted by molar-refractivity contribution is 6.04. The number of benzene rings is 1. The van der Waals surface area contributed by atoms with Crippen LogP contribution in [0.3, 0.4) is 0 Å². The molecular weight excluding hydrogens is 352 g/mol. The van der Waals surface area contributed by atoms with Gasteiger partial charge in [-0.25, -0.2) is 4.98 Å². The summed E-state index contributed by atoms with van der Waals surface area (Å²) in [6.07, 6.45) is 6.82. The van der Waals surface area contributed by atoms with Crippen LogP contribution in [-0.4, -0.2) is 20.9 Å². The van der Waals surface area contributed by atoms with Crippen molar-refractivity contribution in [3.63, 3.8) is 0 Å². The van der Waals surface area contributed by atoms with Crippen LogP contribution in [0.4, 0.5) is 5.69 Å². The van der Waals surface area contributed by atoms with Crippen molar-refractivity contribution in [2.75, 3.05) is 5.32 Å². The predicted octanol–water partition coefficient (Wildman–Crippen LogP) is 4.16. The number of aromatic nitrogens is 3. The molecule has 4 aromatic rings. The lowest BCUT2D eigenvalue weighted by atomic mass is 10.1. The highest BCUT2D eigenvalue weighted by Crippen LogP contribution is 2.26. The van der Waals surface area contributed by atoms with Crippen molar-refractivity contribution >= 4 is 22.4 Å². The number of carbonyl (C=O) groups excluding carboxylic acids is 1. The molecule has 0 bridgehead atoms. The van der Waals surface area contributed by atoms with Gasteiger partial charge in [-0.1, -0.05) is 6.07 Å². The van der Waals surface area contributed by atoms with E-state index in [1.165, 1.54) is 0 Å². The Kier molecular flexibility index (Phi) is 4.93. The molecule has 0 radical (unpaired) electrons. The molecule has 6 heteroatoms. The van der Waals surface area contributed by atoms with E-state index in [4.69, 9.17) is 4.74 Å². The Labute approximate surface area is 162 Å². The second-order valence-electron chi connectivity index (χ2n) is 6.37. The Bertz CT molecular complexity index is 1110. The van der Waals surface area contributed by atoms with Gasteiger partial charge >= 0.3 is 0 Å². The van der Waals surface area contributed by atoms with Gasteiger partial charge in [-0.2, -0.15) is 0 Å². The first-order valence-electron chi connectivity index (χ1n) is 8.83. The van der Waals surface area contributed by atoms with Crippen molar-refractivity contribution in [1.82, 2.24) is 15.0 Å². The summed E-state index contributed by atoms with van der Waals surface area (Å²) in [5, 5.41) is 4.68. The van der Waals surface area contributed by atoms with Crippen molar-refractivity contribution in [2.24, 2.45) is 0 Å². The van der Waals surface area contributed by atoms with E-state index in [0.29, 0.717) is 23.9 Å². The van der Waals surface area contributed by atoms with Crippen LogP contribution in [0.15, 0.2) is 73.3 Å². The molecular formula is C22H18N4O2. The van der Waals surface area contributed by atoms with Crippen molar-refractivity contribution < 1.29 is 9.53 Å². The maximum Gasteiger partial charge on any atom is 0.274 e. The molecule has 0 spiro atoms. The Morgan fingerprint density at radius 3 is 2.64 bits per heavy atom. The van der Waals surface area contributed by atoms with Gasteiger partial charge in [0, 0.05) is 35.9 Å². The monoisotopic (exact) mass is 370 g/mol. The van der Waals surface area contributed by atoms with Crippen molar-refractivity contribution in [3.8, 4) is 5.88 Å². The summed E-state index contributed by atoms with van der Waals surface area (Å²) < 4.78 is 5.87. The number of aryl methyl sites for hydroxylation is 1. The number of anilines is 1. The van der Waals surface area contributed by atoms with Gasteiger partial charge in [0.25, 0.3) is 5.91 Å². The molecule has 0 aliphatic carbocycles. The zero-order valence-electron chi connectivity index (χ0n) is 15.3. The molecule has 0 saturated carbocycles. The SMILES string of the molecule is Cc1ccc(C(=O)Nc2ccc3c(OCc4ccncc4)nccc3c2)nc1. The molecule has 1 amide bonds. The summed E-state index contributed by atoms with van der Waals surface area (Å²) in [6, 6.07) is 14.9. The summed E-state index contributed by atoms with van der Waals surface area (Å²) in [6.45, 7) is 2.34. The first-order valence-corrected chi connectivity index (χ1v) is 8.83. The fourth-order valence-electron chi connectivity index (χ4n) is 2.77. The van der Waals surface area contributed by atoms with Gasteiger partial charge in [0.05, 0.1) is 0 Å². The minimum absolute atomic E-state index is 0.248. The van der Waals surface area contributed by atoms with E-state index in [9.17, 15) is 4.79 Å². The van der Waals surface area contributed by atoms with E-state index in [0.717, 1.165) is 21.9 Å². The van der Waals surface area contributed by atoms with E-state index in [-0.39, 0.29) is 5.91 Å². The maximum absolute atomic E-state index is 12.4. The molecule has 6 nitrogen and oxygen atoms in total. The third-order valence-electron chi connectivity index (χ3n) is 4.25. The lowest BCUT2D eigenvalue weighted by Crippen LogP contribution is -2.13. The van der Waals surface area contributed by atoms with E-state index in [2.05, 4.69) is 20.3 Å². The van der Waals surface area contributed by atoms with Gasteiger partial charge in [-0.3, -0.25) is 14.8 Å². The van der Waals surface area contributed by atoms with Crippen LogP contribution in [0.1, 0.15) is 21.6 Å². The molecule has 0 aliphatic rings. The molecule has 0 unspecified atom stereocenters. The largest absolute Gasteiger partial charge is 0.472 e. The summed E-state index contributed by atoms with van der Waals surface area (Å²) in [5.74, 6) is 0.301. The third kappa shape index (κ3) is 3.96. The normalized spacial score (nSPS) is 10.6. The van der Waals surface area contributed by atoms with Crippen LogP contribution in [0, 0.1) is 6.92 Å². The molecule has 3 aromatic heterocycles. The molecule has 1 N–H and O–H groups in total. The number of rotatable bonds is 5. The smallest absolute Gasteiger partial charge is 0.274 e.